The summed E-state index contributed by atoms with van der Waals surface area (Å²) < 4.78 is 4.74. The van der Waals surface area contributed by atoms with Crippen LogP contribution >= 0.6 is 11.8 Å². The van der Waals surface area contributed by atoms with E-state index in [0.29, 0.717) is 5.09 Å². The van der Waals surface area contributed by atoms with E-state index in [0.717, 1.165) is 25.0 Å². The monoisotopic (exact) mass is 212 g/mol. The average Bonchev–Trinajstić information content (AvgIpc) is 2.43. The van der Waals surface area contributed by atoms with E-state index >= 15 is 0 Å². The van der Waals surface area contributed by atoms with E-state index in [-0.39, 0.29) is 0 Å². The minimum atomic E-state index is -0.720. The second kappa shape index (κ2) is 3.35. The summed E-state index contributed by atoms with van der Waals surface area (Å²) >= 11 is 1.34. The van der Waals surface area contributed by atoms with Crippen LogP contribution in [-0.2, 0) is 4.79 Å². The normalized spacial score (nSPS) is 18.9. The fourth-order valence-corrected chi connectivity index (χ4v) is 2.79. The first kappa shape index (κ1) is 9.65. The van der Waals surface area contributed by atoms with Crippen molar-refractivity contribution in [2.45, 2.75) is 36.0 Å². The highest BCUT2D eigenvalue weighted by atomic mass is 32.2. The van der Waals surface area contributed by atoms with Crippen LogP contribution in [0.4, 0.5) is 0 Å². The summed E-state index contributed by atoms with van der Waals surface area (Å²) in [7, 11) is 0. The summed E-state index contributed by atoms with van der Waals surface area (Å²) in [6.07, 6.45) is 2.48. The summed E-state index contributed by atoms with van der Waals surface area (Å²) in [4.78, 5) is 11.1. The third kappa shape index (κ3) is 1.54. The van der Waals surface area contributed by atoms with E-state index in [2.05, 4.69) is 0 Å². The van der Waals surface area contributed by atoms with Gasteiger partial charge in [-0.05, 0) is 38.3 Å². The lowest BCUT2D eigenvalue weighted by Gasteiger charge is -2.35. The van der Waals surface area contributed by atoms with Gasteiger partial charge in [0.1, 0.15) is 10.5 Å². The number of aryl methyl sites for hydroxylation is 1. The van der Waals surface area contributed by atoms with Crippen molar-refractivity contribution in [3.63, 3.8) is 0 Å². The molecule has 0 aliphatic heterocycles. The van der Waals surface area contributed by atoms with Gasteiger partial charge in [-0.3, -0.25) is 4.79 Å². The lowest BCUT2D eigenvalue weighted by atomic mass is 9.84. The van der Waals surface area contributed by atoms with Crippen molar-refractivity contribution in [3.8, 4) is 0 Å². The SMILES string of the molecule is Cc1ccc(SC2(C(=O)O)CCC2)o1. The molecular formula is C10H12O3S. The number of carboxylic acids is 1. The molecule has 3 nitrogen and oxygen atoms in total. The summed E-state index contributed by atoms with van der Waals surface area (Å²) in [6.45, 7) is 1.86. The molecule has 0 atom stereocenters. The van der Waals surface area contributed by atoms with Gasteiger partial charge in [0.05, 0.1) is 0 Å². The van der Waals surface area contributed by atoms with Crippen LogP contribution in [-0.4, -0.2) is 15.8 Å². The van der Waals surface area contributed by atoms with Gasteiger partial charge in [-0.1, -0.05) is 11.8 Å². The molecule has 1 fully saturated rings. The Hall–Kier alpha value is -0.900. The Labute approximate surface area is 86.5 Å². The van der Waals surface area contributed by atoms with E-state index in [1.54, 1.807) is 0 Å². The van der Waals surface area contributed by atoms with Crippen LogP contribution in [0.5, 0.6) is 0 Å². The summed E-state index contributed by atoms with van der Waals surface area (Å²) in [5.41, 5.74) is 0. The number of hydrogen-bond acceptors (Lipinski definition) is 3. The van der Waals surface area contributed by atoms with Gasteiger partial charge < -0.3 is 9.52 Å². The minimum Gasteiger partial charge on any atom is -0.480 e. The molecule has 4 heteroatoms. The topological polar surface area (TPSA) is 50.4 Å². The Balaban J connectivity index is 2.12. The van der Waals surface area contributed by atoms with E-state index in [1.807, 2.05) is 19.1 Å². The molecule has 0 amide bonds. The molecule has 0 aromatic carbocycles. The quantitative estimate of drug-likeness (QED) is 0.836. The van der Waals surface area contributed by atoms with Crippen LogP contribution in [0.15, 0.2) is 21.6 Å². The molecular weight excluding hydrogens is 200 g/mol. The third-order valence-corrected chi connectivity index (χ3v) is 3.96. The van der Waals surface area contributed by atoms with Gasteiger partial charge in [0.25, 0.3) is 0 Å². The lowest BCUT2D eigenvalue weighted by molar-refractivity contribution is -0.142. The summed E-state index contributed by atoms with van der Waals surface area (Å²) in [5, 5.41) is 9.80. The van der Waals surface area contributed by atoms with Crippen LogP contribution < -0.4 is 0 Å². The molecule has 1 heterocycles. The van der Waals surface area contributed by atoms with Gasteiger partial charge in [0, 0.05) is 0 Å². The first-order valence-electron chi connectivity index (χ1n) is 4.61. The number of thioether (sulfide) groups is 1. The number of aliphatic carboxylic acids is 1. The molecule has 0 saturated heterocycles. The summed E-state index contributed by atoms with van der Waals surface area (Å²) in [5.74, 6) is 0.107. The molecule has 0 radical (unpaired) electrons. The van der Waals surface area contributed by atoms with Gasteiger partial charge in [-0.15, -0.1) is 0 Å². The molecule has 1 aromatic rings. The van der Waals surface area contributed by atoms with Crippen LogP contribution in [0, 0.1) is 6.92 Å². The fraction of sp³-hybridized carbons (Fsp3) is 0.500. The maximum absolute atomic E-state index is 11.1. The number of carboxylic acid groups (broad SMARTS) is 1. The molecule has 76 valence electrons. The number of rotatable bonds is 3. The zero-order valence-electron chi connectivity index (χ0n) is 7.95. The molecule has 14 heavy (non-hydrogen) atoms. The van der Waals surface area contributed by atoms with Crippen molar-refractivity contribution in [1.29, 1.82) is 0 Å². The maximum atomic E-state index is 11.1. The highest BCUT2D eigenvalue weighted by molar-refractivity contribution is 8.01. The van der Waals surface area contributed by atoms with Crippen molar-refractivity contribution in [1.82, 2.24) is 0 Å². The number of furan rings is 1. The molecule has 1 aliphatic carbocycles. The third-order valence-electron chi connectivity index (χ3n) is 2.56. The summed E-state index contributed by atoms with van der Waals surface area (Å²) in [6, 6.07) is 3.69. The number of hydrogen-bond donors (Lipinski definition) is 1. The standard InChI is InChI=1S/C10H12O3S/c1-7-3-4-8(13-7)14-10(9(11)12)5-2-6-10/h3-4H,2,5-6H2,1H3,(H,11,12). The Kier molecular flexibility index (Phi) is 2.31. The molecule has 0 spiro atoms. The van der Waals surface area contributed by atoms with E-state index in [9.17, 15) is 4.79 Å². The predicted molar refractivity (Wildman–Crippen MR) is 53.5 cm³/mol. The van der Waals surface area contributed by atoms with Crippen LogP contribution in [0.1, 0.15) is 25.0 Å². The van der Waals surface area contributed by atoms with Crippen LogP contribution in [0.25, 0.3) is 0 Å². The van der Waals surface area contributed by atoms with Gasteiger partial charge in [-0.25, -0.2) is 0 Å². The van der Waals surface area contributed by atoms with Crippen LogP contribution in [0.2, 0.25) is 0 Å². The van der Waals surface area contributed by atoms with Crippen molar-refractivity contribution in [2.75, 3.05) is 0 Å². The molecule has 0 unspecified atom stereocenters. The Morgan fingerprint density at radius 3 is 2.64 bits per heavy atom. The van der Waals surface area contributed by atoms with Crippen LogP contribution in [0.3, 0.4) is 0 Å². The first-order chi connectivity index (χ1) is 6.62. The Morgan fingerprint density at radius 2 is 2.29 bits per heavy atom. The molecule has 1 N–H and O–H groups in total. The van der Waals surface area contributed by atoms with E-state index in [4.69, 9.17) is 9.52 Å². The van der Waals surface area contributed by atoms with E-state index < -0.39 is 10.7 Å². The van der Waals surface area contributed by atoms with Crippen molar-refractivity contribution >= 4 is 17.7 Å². The lowest BCUT2D eigenvalue weighted by Crippen LogP contribution is -2.41. The number of carbonyl (C=O) groups is 1. The van der Waals surface area contributed by atoms with Gasteiger partial charge in [-0.2, -0.15) is 0 Å². The van der Waals surface area contributed by atoms with E-state index in [1.165, 1.54) is 11.8 Å². The first-order valence-corrected chi connectivity index (χ1v) is 5.43. The highest BCUT2D eigenvalue weighted by Crippen LogP contribution is 2.48. The molecule has 1 aromatic heterocycles. The van der Waals surface area contributed by atoms with Gasteiger partial charge in [0.2, 0.25) is 0 Å². The predicted octanol–water partition coefficient (Wildman–Crippen LogP) is 2.69. The molecule has 2 rings (SSSR count). The highest BCUT2D eigenvalue weighted by Gasteiger charge is 2.46. The largest absolute Gasteiger partial charge is 0.480 e. The second-order valence-corrected chi connectivity index (χ2v) is 5.01. The zero-order valence-corrected chi connectivity index (χ0v) is 8.76. The zero-order chi connectivity index (χ0) is 10.2. The minimum absolute atomic E-state index is 0.621. The molecule has 1 saturated carbocycles. The van der Waals surface area contributed by atoms with Crippen molar-refractivity contribution in [2.24, 2.45) is 0 Å². The van der Waals surface area contributed by atoms with Crippen molar-refractivity contribution < 1.29 is 14.3 Å². The smallest absolute Gasteiger partial charge is 0.320 e. The van der Waals surface area contributed by atoms with Crippen molar-refractivity contribution in [3.05, 3.63) is 17.9 Å². The Morgan fingerprint density at radius 1 is 1.57 bits per heavy atom. The average molecular weight is 212 g/mol. The molecule has 1 aliphatic rings. The second-order valence-electron chi connectivity index (χ2n) is 3.62. The molecule has 0 bridgehead atoms. The van der Waals surface area contributed by atoms with Gasteiger partial charge in [0.15, 0.2) is 5.09 Å². The fourth-order valence-electron chi connectivity index (χ4n) is 1.52. The Bertz CT molecular complexity index is 352. The maximum Gasteiger partial charge on any atom is 0.320 e. The van der Waals surface area contributed by atoms with Gasteiger partial charge >= 0.3 is 5.97 Å².